The molecule has 0 fully saturated rings. The van der Waals surface area contributed by atoms with Crippen LogP contribution in [0.1, 0.15) is 28.4 Å². The van der Waals surface area contributed by atoms with Crippen molar-refractivity contribution in [2.24, 2.45) is 11.7 Å². The number of carbonyl (C=O) groups excluding carboxylic acids is 2. The summed E-state index contributed by atoms with van der Waals surface area (Å²) in [4.78, 5) is 32.2. The van der Waals surface area contributed by atoms with Gasteiger partial charge in [0.25, 0.3) is 5.91 Å². The second-order valence-electron chi connectivity index (χ2n) is 7.36. The van der Waals surface area contributed by atoms with E-state index in [1.807, 2.05) is 36.4 Å². The maximum atomic E-state index is 12.8. The molecule has 2 atom stereocenters. The zero-order valence-electron chi connectivity index (χ0n) is 17.6. The van der Waals surface area contributed by atoms with Gasteiger partial charge in [0.05, 0.1) is 31.2 Å². The van der Waals surface area contributed by atoms with Gasteiger partial charge in [0.2, 0.25) is 0 Å². The second kappa shape index (κ2) is 9.75. The van der Waals surface area contributed by atoms with E-state index in [0.717, 1.165) is 22.4 Å². The van der Waals surface area contributed by atoms with Crippen LogP contribution in [-0.2, 0) is 16.0 Å². The number of nitrogens with zero attached hydrogens (tertiary/aromatic N) is 1. The minimum atomic E-state index is -0.556. The first kappa shape index (κ1) is 21.8. The highest BCUT2D eigenvalue weighted by atomic mass is 16.5. The number of H-pyrrole nitrogens is 1. The number of aromatic nitrogens is 2. The zero-order valence-corrected chi connectivity index (χ0v) is 17.6. The molecular formula is C24H26N4O3. The molecule has 0 aliphatic carbocycles. The van der Waals surface area contributed by atoms with Crippen LogP contribution in [0.25, 0.3) is 17.0 Å². The molecule has 0 bridgehead atoms. The standard InChI is InChI=1S/C24H26N4O3/c1-15(25)20-6-4-5-17(11-20)12-21(24(30)31-3)16(2)28-23(29)19-9-7-18(8-10-19)22-13-26-14-27-22/h4-11,13-14,16,21H,1,12,25H2,2-3H3,(H,26,27)(H,28,29). The number of nitrogens with one attached hydrogen (secondary N) is 2. The van der Waals surface area contributed by atoms with Crippen LogP contribution in [0, 0.1) is 5.92 Å². The molecule has 7 heteroatoms. The molecule has 1 heterocycles. The van der Waals surface area contributed by atoms with Gasteiger partial charge >= 0.3 is 5.97 Å². The Morgan fingerprint density at radius 1 is 1.19 bits per heavy atom. The number of hydrogen-bond donors (Lipinski definition) is 3. The van der Waals surface area contributed by atoms with Crippen LogP contribution in [0.15, 0.2) is 67.6 Å². The normalized spacial score (nSPS) is 12.6. The summed E-state index contributed by atoms with van der Waals surface area (Å²) < 4.78 is 4.99. The van der Waals surface area contributed by atoms with Gasteiger partial charge in [-0.25, -0.2) is 4.98 Å². The van der Waals surface area contributed by atoms with Crippen molar-refractivity contribution >= 4 is 17.6 Å². The van der Waals surface area contributed by atoms with E-state index in [9.17, 15) is 9.59 Å². The number of ether oxygens (including phenoxy) is 1. The van der Waals surface area contributed by atoms with Gasteiger partial charge in [-0.3, -0.25) is 9.59 Å². The van der Waals surface area contributed by atoms with Gasteiger partial charge < -0.3 is 20.8 Å². The molecule has 160 valence electrons. The molecule has 0 spiro atoms. The van der Waals surface area contributed by atoms with E-state index in [-0.39, 0.29) is 11.9 Å². The van der Waals surface area contributed by atoms with Crippen molar-refractivity contribution in [2.75, 3.05) is 7.11 Å². The Hall–Kier alpha value is -3.87. The minimum Gasteiger partial charge on any atom is -0.469 e. The molecule has 1 aromatic heterocycles. The van der Waals surface area contributed by atoms with E-state index in [4.69, 9.17) is 10.5 Å². The molecule has 31 heavy (non-hydrogen) atoms. The van der Waals surface area contributed by atoms with E-state index in [2.05, 4.69) is 21.9 Å². The third kappa shape index (κ3) is 5.39. The fraction of sp³-hybridized carbons (Fsp3) is 0.208. The molecule has 3 rings (SSSR count). The average Bonchev–Trinajstić information content (AvgIpc) is 3.32. The van der Waals surface area contributed by atoms with Crippen molar-refractivity contribution in [3.63, 3.8) is 0 Å². The summed E-state index contributed by atoms with van der Waals surface area (Å²) in [5.41, 5.74) is 10.2. The number of nitrogens with two attached hydrogens (primary N) is 1. The van der Waals surface area contributed by atoms with Gasteiger partial charge in [-0.15, -0.1) is 0 Å². The van der Waals surface area contributed by atoms with Gasteiger partial charge in [-0.2, -0.15) is 0 Å². The lowest BCUT2D eigenvalue weighted by Crippen LogP contribution is -2.42. The summed E-state index contributed by atoms with van der Waals surface area (Å²) in [7, 11) is 1.34. The third-order valence-corrected chi connectivity index (χ3v) is 5.18. The molecule has 1 amide bonds. The van der Waals surface area contributed by atoms with Crippen molar-refractivity contribution in [1.82, 2.24) is 15.3 Å². The number of methoxy groups -OCH3 is 1. The van der Waals surface area contributed by atoms with Gasteiger partial charge in [0.1, 0.15) is 0 Å². The van der Waals surface area contributed by atoms with Crippen molar-refractivity contribution in [3.05, 3.63) is 84.3 Å². The molecule has 0 saturated carbocycles. The molecule has 0 saturated heterocycles. The molecular weight excluding hydrogens is 392 g/mol. The number of esters is 1. The summed E-state index contributed by atoms with van der Waals surface area (Å²) in [6, 6.07) is 14.2. The molecule has 0 aliphatic rings. The van der Waals surface area contributed by atoms with Crippen molar-refractivity contribution in [3.8, 4) is 11.3 Å². The predicted molar refractivity (Wildman–Crippen MR) is 120 cm³/mol. The first-order valence-corrected chi connectivity index (χ1v) is 9.90. The number of hydrogen-bond acceptors (Lipinski definition) is 5. The summed E-state index contributed by atoms with van der Waals surface area (Å²) in [5, 5.41) is 2.92. The highest BCUT2D eigenvalue weighted by Gasteiger charge is 2.28. The number of benzene rings is 2. The number of imidazole rings is 1. The SMILES string of the molecule is C=C(N)c1cccc(CC(C(=O)OC)C(C)NC(=O)c2ccc(-c3cnc[nH]3)cc2)c1. The van der Waals surface area contributed by atoms with Gasteiger partial charge in [0.15, 0.2) is 0 Å². The summed E-state index contributed by atoms with van der Waals surface area (Å²) in [6.45, 7) is 5.55. The van der Waals surface area contributed by atoms with Crippen molar-refractivity contribution in [1.29, 1.82) is 0 Å². The number of aromatic amines is 1. The molecule has 7 nitrogen and oxygen atoms in total. The number of carbonyl (C=O) groups is 2. The Bertz CT molecular complexity index is 1060. The first-order chi connectivity index (χ1) is 14.9. The lowest BCUT2D eigenvalue weighted by molar-refractivity contribution is -0.146. The highest BCUT2D eigenvalue weighted by Crippen LogP contribution is 2.19. The van der Waals surface area contributed by atoms with Crippen molar-refractivity contribution < 1.29 is 14.3 Å². The molecule has 3 aromatic rings. The third-order valence-electron chi connectivity index (χ3n) is 5.18. The van der Waals surface area contributed by atoms with Gasteiger partial charge in [0, 0.05) is 17.3 Å². The Balaban J connectivity index is 1.72. The smallest absolute Gasteiger partial charge is 0.311 e. The highest BCUT2D eigenvalue weighted by molar-refractivity contribution is 5.95. The Labute approximate surface area is 181 Å². The van der Waals surface area contributed by atoms with E-state index >= 15 is 0 Å². The van der Waals surface area contributed by atoms with Gasteiger partial charge in [-0.05, 0) is 48.2 Å². The van der Waals surface area contributed by atoms with Crippen molar-refractivity contribution in [2.45, 2.75) is 19.4 Å². The quantitative estimate of drug-likeness (QED) is 0.487. The van der Waals surface area contributed by atoms with E-state index < -0.39 is 12.0 Å². The van der Waals surface area contributed by atoms with E-state index in [1.54, 1.807) is 31.6 Å². The van der Waals surface area contributed by atoms with Crippen LogP contribution < -0.4 is 11.1 Å². The average molecular weight is 418 g/mol. The lowest BCUT2D eigenvalue weighted by atomic mass is 9.91. The second-order valence-corrected chi connectivity index (χ2v) is 7.36. The summed E-state index contributed by atoms with van der Waals surface area (Å²) >= 11 is 0. The Kier molecular flexibility index (Phi) is 6.87. The van der Waals surface area contributed by atoms with Crippen LogP contribution in [0.3, 0.4) is 0 Å². The predicted octanol–water partition coefficient (Wildman–Crippen LogP) is 3.16. The minimum absolute atomic E-state index is 0.262. The van der Waals surface area contributed by atoms with Crippen LogP contribution in [-0.4, -0.2) is 35.0 Å². The van der Waals surface area contributed by atoms with Crippen LogP contribution in [0.2, 0.25) is 0 Å². The Morgan fingerprint density at radius 2 is 1.94 bits per heavy atom. The fourth-order valence-corrected chi connectivity index (χ4v) is 3.37. The van der Waals surface area contributed by atoms with Crippen LogP contribution in [0.5, 0.6) is 0 Å². The first-order valence-electron chi connectivity index (χ1n) is 9.90. The maximum absolute atomic E-state index is 12.8. The number of rotatable bonds is 8. The van der Waals surface area contributed by atoms with E-state index in [1.165, 1.54) is 7.11 Å². The summed E-state index contributed by atoms with van der Waals surface area (Å²) in [5.74, 6) is -1.21. The molecule has 0 aliphatic heterocycles. The van der Waals surface area contributed by atoms with Crippen LogP contribution >= 0.6 is 0 Å². The Morgan fingerprint density at radius 3 is 2.55 bits per heavy atom. The lowest BCUT2D eigenvalue weighted by Gasteiger charge is -2.23. The molecule has 4 N–H and O–H groups in total. The van der Waals surface area contributed by atoms with Gasteiger partial charge in [-0.1, -0.05) is 36.9 Å². The molecule has 2 unspecified atom stereocenters. The molecule has 2 aromatic carbocycles. The van der Waals surface area contributed by atoms with Crippen LogP contribution in [0.4, 0.5) is 0 Å². The largest absolute Gasteiger partial charge is 0.469 e. The number of amides is 1. The topological polar surface area (TPSA) is 110 Å². The molecule has 0 radical (unpaired) electrons. The van der Waals surface area contributed by atoms with E-state index in [0.29, 0.717) is 17.7 Å². The monoisotopic (exact) mass is 418 g/mol. The maximum Gasteiger partial charge on any atom is 0.311 e. The summed E-state index contributed by atoms with van der Waals surface area (Å²) in [6.07, 6.45) is 3.71. The fourth-order valence-electron chi connectivity index (χ4n) is 3.37. The zero-order chi connectivity index (χ0) is 22.4.